The van der Waals surface area contributed by atoms with Gasteiger partial charge in [0.1, 0.15) is 6.04 Å². The van der Waals surface area contributed by atoms with Gasteiger partial charge in [0.05, 0.1) is 0 Å². The zero-order chi connectivity index (χ0) is 12.3. The van der Waals surface area contributed by atoms with Gasteiger partial charge >= 0.3 is 5.97 Å². The van der Waals surface area contributed by atoms with E-state index in [-0.39, 0.29) is 6.04 Å². The highest BCUT2D eigenvalue weighted by Gasteiger charge is 2.46. The number of likely N-dealkylation sites (tertiary alicyclic amines) is 1. The first-order chi connectivity index (χ1) is 8.17. The zero-order valence-electron chi connectivity index (χ0n) is 10.7. The number of carboxylic acids is 1. The topological polar surface area (TPSA) is 49.8 Å². The van der Waals surface area contributed by atoms with Crippen molar-refractivity contribution in [2.24, 2.45) is 5.41 Å². The van der Waals surface area contributed by atoms with E-state index in [4.69, 9.17) is 4.74 Å². The fourth-order valence-electron chi connectivity index (χ4n) is 3.35. The largest absolute Gasteiger partial charge is 0.480 e. The van der Waals surface area contributed by atoms with Crippen LogP contribution in [0.4, 0.5) is 0 Å². The number of ether oxygens (including phenoxy) is 1. The highest BCUT2D eigenvalue weighted by Crippen LogP contribution is 2.44. The molecule has 1 aliphatic carbocycles. The molecule has 0 aromatic rings. The Morgan fingerprint density at radius 1 is 1.35 bits per heavy atom. The highest BCUT2D eigenvalue weighted by atomic mass is 16.5. The SMILES string of the molecule is COCCC(C(=O)O)N1CC2(CCCCC2)C1. The summed E-state index contributed by atoms with van der Waals surface area (Å²) in [4.78, 5) is 13.3. The molecule has 1 N–H and O–H groups in total. The molecule has 1 aliphatic heterocycles. The van der Waals surface area contributed by atoms with Crippen molar-refractivity contribution < 1.29 is 14.6 Å². The summed E-state index contributed by atoms with van der Waals surface area (Å²) in [5.74, 6) is -0.701. The molecule has 1 saturated heterocycles. The summed E-state index contributed by atoms with van der Waals surface area (Å²) in [6.07, 6.45) is 7.18. The standard InChI is InChI=1S/C13H23NO3/c1-17-8-5-11(12(15)16)14-9-13(10-14)6-3-2-4-7-13/h11H,2-10H2,1H3,(H,15,16). The average Bonchev–Trinajstić information content (AvgIpc) is 2.28. The lowest BCUT2D eigenvalue weighted by Crippen LogP contribution is -2.62. The Morgan fingerprint density at radius 2 is 2.00 bits per heavy atom. The van der Waals surface area contributed by atoms with Crippen LogP contribution < -0.4 is 0 Å². The monoisotopic (exact) mass is 241 g/mol. The van der Waals surface area contributed by atoms with E-state index in [1.807, 2.05) is 0 Å². The molecular formula is C13H23NO3. The minimum Gasteiger partial charge on any atom is -0.480 e. The summed E-state index contributed by atoms with van der Waals surface area (Å²) in [5, 5.41) is 9.22. The van der Waals surface area contributed by atoms with Crippen LogP contribution in [0.1, 0.15) is 38.5 Å². The van der Waals surface area contributed by atoms with E-state index in [2.05, 4.69) is 4.90 Å². The summed E-state index contributed by atoms with van der Waals surface area (Å²) in [5.41, 5.74) is 0.457. The van der Waals surface area contributed by atoms with E-state index in [1.54, 1.807) is 7.11 Å². The van der Waals surface area contributed by atoms with Crippen LogP contribution in [0.15, 0.2) is 0 Å². The summed E-state index contributed by atoms with van der Waals surface area (Å²) in [6, 6.07) is -0.345. The Balaban J connectivity index is 1.84. The van der Waals surface area contributed by atoms with Gasteiger partial charge in [-0.15, -0.1) is 0 Å². The molecule has 2 rings (SSSR count). The number of rotatable bonds is 5. The minimum atomic E-state index is -0.701. The highest BCUT2D eigenvalue weighted by molar-refractivity contribution is 5.73. The lowest BCUT2D eigenvalue weighted by atomic mass is 9.68. The second-order valence-corrected chi connectivity index (χ2v) is 5.60. The van der Waals surface area contributed by atoms with Crippen molar-refractivity contribution in [2.75, 3.05) is 26.8 Å². The summed E-state index contributed by atoms with van der Waals surface area (Å²) in [7, 11) is 1.62. The smallest absolute Gasteiger partial charge is 0.321 e. The number of hydrogen-bond donors (Lipinski definition) is 1. The van der Waals surface area contributed by atoms with Gasteiger partial charge in [0.2, 0.25) is 0 Å². The van der Waals surface area contributed by atoms with Gasteiger partial charge in [-0.05, 0) is 24.7 Å². The Bertz CT molecular complexity index is 266. The predicted octanol–water partition coefficient (Wildman–Crippen LogP) is 1.74. The van der Waals surface area contributed by atoms with Crippen LogP contribution in [0.3, 0.4) is 0 Å². The second-order valence-electron chi connectivity index (χ2n) is 5.60. The molecule has 0 bridgehead atoms. The first kappa shape index (κ1) is 12.8. The quantitative estimate of drug-likeness (QED) is 0.796. The fraction of sp³-hybridized carbons (Fsp3) is 0.923. The van der Waals surface area contributed by atoms with Crippen molar-refractivity contribution in [3.8, 4) is 0 Å². The van der Waals surface area contributed by atoms with Gasteiger partial charge < -0.3 is 9.84 Å². The molecule has 0 aromatic carbocycles. The molecule has 1 atom stereocenters. The van der Waals surface area contributed by atoms with Crippen molar-refractivity contribution >= 4 is 5.97 Å². The van der Waals surface area contributed by atoms with Crippen LogP contribution in [0.5, 0.6) is 0 Å². The summed E-state index contributed by atoms with van der Waals surface area (Å²) < 4.78 is 4.99. The van der Waals surface area contributed by atoms with Gasteiger partial charge in [-0.1, -0.05) is 19.3 Å². The van der Waals surface area contributed by atoms with Crippen molar-refractivity contribution in [2.45, 2.75) is 44.6 Å². The third-order valence-electron chi connectivity index (χ3n) is 4.31. The Labute approximate surface area is 103 Å². The van der Waals surface area contributed by atoms with Gasteiger partial charge in [0.15, 0.2) is 0 Å². The van der Waals surface area contributed by atoms with E-state index in [1.165, 1.54) is 32.1 Å². The third kappa shape index (κ3) is 2.80. The molecule has 98 valence electrons. The van der Waals surface area contributed by atoms with E-state index in [0.29, 0.717) is 18.4 Å². The molecule has 1 spiro atoms. The number of nitrogens with zero attached hydrogens (tertiary/aromatic N) is 1. The van der Waals surface area contributed by atoms with Crippen LogP contribution in [0, 0.1) is 5.41 Å². The van der Waals surface area contributed by atoms with Gasteiger partial charge in [-0.2, -0.15) is 0 Å². The van der Waals surface area contributed by atoms with Crippen LogP contribution in [-0.4, -0.2) is 48.8 Å². The third-order valence-corrected chi connectivity index (χ3v) is 4.31. The van der Waals surface area contributed by atoms with E-state index < -0.39 is 5.97 Å². The van der Waals surface area contributed by atoms with Gasteiger partial charge in [-0.3, -0.25) is 9.69 Å². The number of hydrogen-bond acceptors (Lipinski definition) is 3. The van der Waals surface area contributed by atoms with Gasteiger partial charge in [0, 0.05) is 26.8 Å². The normalized spacial score (nSPS) is 25.5. The zero-order valence-corrected chi connectivity index (χ0v) is 10.7. The molecule has 0 amide bonds. The molecule has 2 fully saturated rings. The Kier molecular flexibility index (Phi) is 4.05. The summed E-state index contributed by atoms with van der Waals surface area (Å²) >= 11 is 0. The minimum absolute atomic E-state index is 0.345. The maximum atomic E-state index is 11.2. The molecule has 0 aromatic heterocycles. The van der Waals surface area contributed by atoms with E-state index >= 15 is 0 Å². The van der Waals surface area contributed by atoms with Crippen molar-refractivity contribution in [1.82, 2.24) is 4.90 Å². The molecule has 4 nitrogen and oxygen atoms in total. The van der Waals surface area contributed by atoms with E-state index in [9.17, 15) is 9.90 Å². The molecular weight excluding hydrogens is 218 g/mol. The maximum absolute atomic E-state index is 11.2. The molecule has 1 heterocycles. The van der Waals surface area contributed by atoms with E-state index in [0.717, 1.165) is 13.1 Å². The molecule has 2 aliphatic rings. The maximum Gasteiger partial charge on any atom is 0.321 e. The number of carboxylic acid groups (broad SMARTS) is 1. The Hall–Kier alpha value is -0.610. The average molecular weight is 241 g/mol. The van der Waals surface area contributed by atoms with Crippen molar-refractivity contribution in [3.63, 3.8) is 0 Å². The molecule has 0 radical (unpaired) electrons. The molecule has 1 unspecified atom stereocenters. The second kappa shape index (κ2) is 5.36. The molecule has 4 heteroatoms. The number of methoxy groups -OCH3 is 1. The summed E-state index contributed by atoms with van der Waals surface area (Å²) in [6.45, 7) is 2.49. The Morgan fingerprint density at radius 3 is 2.53 bits per heavy atom. The van der Waals surface area contributed by atoms with Crippen molar-refractivity contribution in [1.29, 1.82) is 0 Å². The van der Waals surface area contributed by atoms with Crippen LogP contribution in [0.25, 0.3) is 0 Å². The predicted molar refractivity (Wildman–Crippen MR) is 65.0 cm³/mol. The van der Waals surface area contributed by atoms with Crippen LogP contribution in [0.2, 0.25) is 0 Å². The number of aliphatic carboxylic acids is 1. The first-order valence-electron chi connectivity index (χ1n) is 6.63. The first-order valence-corrected chi connectivity index (χ1v) is 6.63. The number of carbonyl (C=O) groups is 1. The van der Waals surface area contributed by atoms with Crippen molar-refractivity contribution in [3.05, 3.63) is 0 Å². The fourth-order valence-corrected chi connectivity index (χ4v) is 3.35. The lowest BCUT2D eigenvalue weighted by Gasteiger charge is -2.54. The van der Waals surface area contributed by atoms with Crippen LogP contribution >= 0.6 is 0 Å². The lowest BCUT2D eigenvalue weighted by molar-refractivity contribution is -0.152. The van der Waals surface area contributed by atoms with Gasteiger partial charge in [0.25, 0.3) is 0 Å². The molecule has 17 heavy (non-hydrogen) atoms. The van der Waals surface area contributed by atoms with Crippen LogP contribution in [-0.2, 0) is 9.53 Å². The van der Waals surface area contributed by atoms with Gasteiger partial charge in [-0.25, -0.2) is 0 Å². The molecule has 1 saturated carbocycles.